The Balaban J connectivity index is 1.82. The molecule has 8 heteroatoms. The highest BCUT2D eigenvalue weighted by Gasteiger charge is 2.11. The molecule has 2 rings (SSSR count). The van der Waals surface area contributed by atoms with Gasteiger partial charge in [-0.2, -0.15) is 0 Å². The molecule has 0 aliphatic heterocycles. The van der Waals surface area contributed by atoms with Crippen molar-refractivity contribution in [3.05, 3.63) is 45.8 Å². The van der Waals surface area contributed by atoms with Crippen molar-refractivity contribution in [2.24, 2.45) is 5.73 Å². The molecule has 26 heavy (non-hydrogen) atoms. The second kappa shape index (κ2) is 9.00. The standard InChI is InChI=1S/C18H22N2O6/c1-11-5-6-13-12(9-16(21)26-15(13)8-11)10-25-18(24)20-7-3-2-4-14(19)17(22)23/h5-6,8-9,14H,2-4,7,10,19H2,1H3,(H,20,24)(H,22,23)/t14-/m0/s1. The number of ether oxygens (including phenoxy) is 1. The Morgan fingerprint density at radius 2 is 2.08 bits per heavy atom. The summed E-state index contributed by atoms with van der Waals surface area (Å²) in [6.07, 6.45) is 0.906. The molecule has 140 valence electrons. The minimum Gasteiger partial charge on any atom is -0.480 e. The van der Waals surface area contributed by atoms with Crippen LogP contribution in [0.3, 0.4) is 0 Å². The van der Waals surface area contributed by atoms with Crippen LogP contribution in [0.25, 0.3) is 11.0 Å². The average Bonchev–Trinajstić information content (AvgIpc) is 2.58. The van der Waals surface area contributed by atoms with E-state index in [-0.39, 0.29) is 6.61 Å². The summed E-state index contributed by atoms with van der Waals surface area (Å²) >= 11 is 0. The third kappa shape index (κ3) is 5.59. The van der Waals surface area contributed by atoms with Crippen LogP contribution in [-0.2, 0) is 16.1 Å². The van der Waals surface area contributed by atoms with Gasteiger partial charge in [0.2, 0.25) is 0 Å². The molecule has 0 unspecified atom stereocenters. The number of aryl methyl sites for hydroxylation is 1. The molecule has 1 heterocycles. The summed E-state index contributed by atoms with van der Waals surface area (Å²) in [5, 5.41) is 12.0. The number of rotatable bonds is 8. The van der Waals surface area contributed by atoms with Crippen LogP contribution in [0, 0.1) is 6.92 Å². The van der Waals surface area contributed by atoms with Crippen LogP contribution in [0.5, 0.6) is 0 Å². The summed E-state index contributed by atoms with van der Waals surface area (Å²) in [6.45, 7) is 2.18. The molecule has 1 aromatic heterocycles. The van der Waals surface area contributed by atoms with E-state index in [0.717, 1.165) is 5.56 Å². The molecule has 4 N–H and O–H groups in total. The highest BCUT2D eigenvalue weighted by Crippen LogP contribution is 2.19. The highest BCUT2D eigenvalue weighted by atomic mass is 16.5. The predicted octanol–water partition coefficient (Wildman–Crippen LogP) is 1.91. The number of unbranched alkanes of at least 4 members (excludes halogenated alkanes) is 1. The first-order chi connectivity index (χ1) is 12.4. The molecule has 1 aromatic carbocycles. The summed E-state index contributed by atoms with van der Waals surface area (Å²) in [5.74, 6) is -1.04. The number of fused-ring (bicyclic) bond motifs is 1. The van der Waals surface area contributed by atoms with Gasteiger partial charge in [-0.3, -0.25) is 4.79 Å². The summed E-state index contributed by atoms with van der Waals surface area (Å²) in [7, 11) is 0. The normalized spacial score (nSPS) is 11.9. The molecule has 0 radical (unpaired) electrons. The lowest BCUT2D eigenvalue weighted by Gasteiger charge is -2.09. The van der Waals surface area contributed by atoms with Gasteiger partial charge in [-0.25, -0.2) is 9.59 Å². The van der Waals surface area contributed by atoms with Gasteiger partial charge < -0.3 is 25.3 Å². The van der Waals surface area contributed by atoms with Crippen LogP contribution in [-0.4, -0.2) is 29.8 Å². The van der Waals surface area contributed by atoms with Crippen molar-refractivity contribution >= 4 is 23.0 Å². The fourth-order valence-electron chi connectivity index (χ4n) is 2.45. The van der Waals surface area contributed by atoms with Crippen LogP contribution >= 0.6 is 0 Å². The fraction of sp³-hybridized carbons (Fsp3) is 0.389. The summed E-state index contributed by atoms with van der Waals surface area (Å²) < 4.78 is 10.3. The molecule has 2 aromatic rings. The third-order valence-corrected chi connectivity index (χ3v) is 3.87. The Morgan fingerprint density at radius 3 is 2.81 bits per heavy atom. The van der Waals surface area contributed by atoms with Crippen molar-refractivity contribution in [2.45, 2.75) is 38.8 Å². The number of nitrogens with one attached hydrogen (secondary N) is 1. The average molecular weight is 362 g/mol. The molecule has 1 atom stereocenters. The van der Waals surface area contributed by atoms with Crippen LogP contribution in [0.2, 0.25) is 0 Å². The largest absolute Gasteiger partial charge is 0.480 e. The molecule has 0 aliphatic carbocycles. The molecule has 0 aliphatic rings. The highest BCUT2D eigenvalue weighted by molar-refractivity contribution is 5.81. The predicted molar refractivity (Wildman–Crippen MR) is 94.9 cm³/mol. The Morgan fingerprint density at radius 1 is 1.31 bits per heavy atom. The van der Waals surface area contributed by atoms with E-state index >= 15 is 0 Å². The molecule has 0 saturated carbocycles. The smallest absolute Gasteiger partial charge is 0.407 e. The number of benzene rings is 1. The van der Waals surface area contributed by atoms with Crippen molar-refractivity contribution < 1.29 is 23.8 Å². The Labute approximate surface area is 149 Å². The van der Waals surface area contributed by atoms with Crippen LogP contribution in [0.4, 0.5) is 4.79 Å². The quantitative estimate of drug-likeness (QED) is 0.483. The molecular weight excluding hydrogens is 340 g/mol. The number of amides is 1. The maximum atomic E-state index is 11.7. The van der Waals surface area contributed by atoms with Crippen LogP contribution in [0.15, 0.2) is 33.5 Å². The number of carboxylic acid groups (broad SMARTS) is 1. The Kier molecular flexibility index (Phi) is 6.74. The van der Waals surface area contributed by atoms with Gasteiger partial charge in [0, 0.05) is 23.6 Å². The first-order valence-electron chi connectivity index (χ1n) is 8.29. The molecule has 0 saturated heterocycles. The maximum absolute atomic E-state index is 11.7. The SMILES string of the molecule is Cc1ccc2c(COC(=O)NCCCC[C@H](N)C(=O)O)cc(=O)oc2c1. The van der Waals surface area contributed by atoms with E-state index in [1.807, 2.05) is 19.1 Å². The van der Waals surface area contributed by atoms with Gasteiger partial charge in [-0.1, -0.05) is 12.1 Å². The first kappa shape index (κ1) is 19.5. The second-order valence-corrected chi connectivity index (χ2v) is 6.03. The van der Waals surface area contributed by atoms with Gasteiger partial charge in [-0.05, 0) is 37.8 Å². The second-order valence-electron chi connectivity index (χ2n) is 6.03. The number of nitrogens with two attached hydrogens (primary N) is 1. The Hall–Kier alpha value is -2.87. The van der Waals surface area contributed by atoms with E-state index in [9.17, 15) is 14.4 Å². The summed E-state index contributed by atoms with van der Waals surface area (Å²) in [4.78, 5) is 34.0. The topological polar surface area (TPSA) is 132 Å². The van der Waals surface area contributed by atoms with Crippen molar-refractivity contribution in [1.29, 1.82) is 0 Å². The monoisotopic (exact) mass is 362 g/mol. The van der Waals surface area contributed by atoms with Gasteiger partial charge in [0.05, 0.1) is 0 Å². The molecular formula is C18H22N2O6. The molecule has 8 nitrogen and oxygen atoms in total. The third-order valence-electron chi connectivity index (χ3n) is 3.87. The number of carboxylic acids is 1. The zero-order chi connectivity index (χ0) is 19.1. The lowest BCUT2D eigenvalue weighted by Crippen LogP contribution is -2.30. The van der Waals surface area contributed by atoms with E-state index in [0.29, 0.717) is 42.3 Å². The zero-order valence-electron chi connectivity index (χ0n) is 14.5. The van der Waals surface area contributed by atoms with E-state index in [1.165, 1.54) is 6.07 Å². The minimum absolute atomic E-state index is 0.0547. The lowest BCUT2D eigenvalue weighted by molar-refractivity contribution is -0.138. The number of hydrogen-bond donors (Lipinski definition) is 3. The zero-order valence-corrected chi connectivity index (χ0v) is 14.5. The fourth-order valence-corrected chi connectivity index (χ4v) is 2.45. The van der Waals surface area contributed by atoms with Crippen molar-refractivity contribution in [3.63, 3.8) is 0 Å². The summed E-state index contributed by atoms with van der Waals surface area (Å²) in [6, 6.07) is 5.87. The van der Waals surface area contributed by atoms with Crippen LogP contribution < -0.4 is 16.7 Å². The van der Waals surface area contributed by atoms with E-state index in [1.54, 1.807) is 6.07 Å². The number of alkyl carbamates (subject to hydrolysis) is 1. The first-order valence-corrected chi connectivity index (χ1v) is 8.29. The number of aliphatic carboxylic acids is 1. The lowest BCUT2D eigenvalue weighted by atomic mass is 10.1. The van der Waals surface area contributed by atoms with Gasteiger partial charge >= 0.3 is 17.7 Å². The molecule has 1 amide bonds. The van der Waals surface area contributed by atoms with E-state index in [2.05, 4.69) is 5.32 Å². The molecule has 0 spiro atoms. The maximum Gasteiger partial charge on any atom is 0.407 e. The summed E-state index contributed by atoms with van der Waals surface area (Å²) in [5.41, 5.74) is 6.87. The van der Waals surface area contributed by atoms with E-state index < -0.39 is 23.7 Å². The van der Waals surface area contributed by atoms with Gasteiger partial charge in [0.25, 0.3) is 0 Å². The van der Waals surface area contributed by atoms with Crippen molar-refractivity contribution in [3.8, 4) is 0 Å². The van der Waals surface area contributed by atoms with Crippen molar-refractivity contribution in [2.75, 3.05) is 6.54 Å². The number of carbonyl (C=O) groups is 2. The molecule has 0 fully saturated rings. The van der Waals surface area contributed by atoms with Crippen LogP contribution in [0.1, 0.15) is 30.4 Å². The number of carbonyl (C=O) groups excluding carboxylic acids is 1. The molecule has 0 bridgehead atoms. The van der Waals surface area contributed by atoms with Crippen molar-refractivity contribution in [1.82, 2.24) is 5.32 Å². The van der Waals surface area contributed by atoms with Gasteiger partial charge in [0.15, 0.2) is 0 Å². The van der Waals surface area contributed by atoms with Gasteiger partial charge in [-0.15, -0.1) is 0 Å². The number of hydrogen-bond acceptors (Lipinski definition) is 6. The van der Waals surface area contributed by atoms with E-state index in [4.69, 9.17) is 20.0 Å². The Bertz CT molecular complexity index is 845. The minimum atomic E-state index is -1.04. The van der Waals surface area contributed by atoms with Gasteiger partial charge in [0.1, 0.15) is 18.2 Å².